The summed E-state index contributed by atoms with van der Waals surface area (Å²) >= 11 is 0. The van der Waals surface area contributed by atoms with Crippen molar-refractivity contribution in [3.05, 3.63) is 0 Å². The molecule has 0 aliphatic carbocycles. The van der Waals surface area contributed by atoms with E-state index in [-0.39, 0.29) is 6.54 Å². The molecule has 0 unspecified atom stereocenters. The van der Waals surface area contributed by atoms with Crippen LogP contribution in [0.15, 0.2) is 0 Å². The lowest BCUT2D eigenvalue weighted by Crippen LogP contribution is -2.46. The van der Waals surface area contributed by atoms with Crippen LogP contribution in [0.25, 0.3) is 0 Å². The number of alkyl halides is 1. The fourth-order valence-electron chi connectivity index (χ4n) is 2.28. The average molecular weight is 246 g/mol. The Kier molecular flexibility index (Phi) is 5.85. The molecule has 0 saturated carbocycles. The molecule has 1 aliphatic rings. The Morgan fingerprint density at radius 1 is 1.53 bits per heavy atom. The number of hydrogen-bond acceptors (Lipinski definition) is 4. The van der Waals surface area contributed by atoms with Crippen molar-refractivity contribution in [2.24, 2.45) is 0 Å². The third-order valence-corrected chi connectivity index (χ3v) is 3.53. The number of esters is 1. The molecule has 5 heteroatoms. The van der Waals surface area contributed by atoms with Gasteiger partial charge in [-0.1, -0.05) is 6.92 Å². The average Bonchev–Trinajstić information content (AvgIpc) is 2.37. The van der Waals surface area contributed by atoms with Crippen LogP contribution in [-0.2, 0) is 9.53 Å². The number of nitrogens with zero attached hydrogens (tertiary/aromatic N) is 2. The standard InChI is InChI=1S/C12H23FN2O2/c1-4-15-7-5-10(6-8-15)14(2)9-11(13)12(16)17-3/h10-11H,4-9H2,1-3H3/t11-/m1/s1. The van der Waals surface area contributed by atoms with Crippen LogP contribution >= 0.6 is 0 Å². The van der Waals surface area contributed by atoms with Gasteiger partial charge < -0.3 is 9.64 Å². The molecule has 1 atom stereocenters. The molecule has 1 heterocycles. The van der Waals surface area contributed by atoms with Gasteiger partial charge in [0, 0.05) is 12.6 Å². The van der Waals surface area contributed by atoms with Crippen molar-refractivity contribution in [1.29, 1.82) is 0 Å². The third kappa shape index (κ3) is 4.24. The molecule has 17 heavy (non-hydrogen) atoms. The minimum Gasteiger partial charge on any atom is -0.467 e. The van der Waals surface area contributed by atoms with Crippen LogP contribution in [0, 0.1) is 0 Å². The highest BCUT2D eigenvalue weighted by molar-refractivity contribution is 5.74. The summed E-state index contributed by atoms with van der Waals surface area (Å²) in [6.45, 7) is 5.47. The second-order valence-corrected chi connectivity index (χ2v) is 4.60. The van der Waals surface area contributed by atoms with E-state index in [0.717, 1.165) is 32.5 Å². The number of carbonyl (C=O) groups is 1. The second kappa shape index (κ2) is 6.91. The van der Waals surface area contributed by atoms with Crippen LogP contribution in [0.3, 0.4) is 0 Å². The van der Waals surface area contributed by atoms with Crippen LogP contribution in [0.1, 0.15) is 19.8 Å². The molecule has 4 nitrogen and oxygen atoms in total. The van der Waals surface area contributed by atoms with Gasteiger partial charge in [-0.3, -0.25) is 4.90 Å². The van der Waals surface area contributed by atoms with Crippen molar-refractivity contribution in [3.63, 3.8) is 0 Å². The molecule has 0 bridgehead atoms. The van der Waals surface area contributed by atoms with E-state index in [0.29, 0.717) is 6.04 Å². The SMILES string of the molecule is CCN1CCC(N(C)C[C@@H](F)C(=O)OC)CC1. The molecule has 1 rings (SSSR count). The number of rotatable bonds is 5. The summed E-state index contributed by atoms with van der Waals surface area (Å²) in [5, 5.41) is 0. The lowest BCUT2D eigenvalue weighted by Gasteiger charge is -2.36. The molecular formula is C12H23FN2O2. The number of likely N-dealkylation sites (tertiary alicyclic amines) is 1. The number of halogens is 1. The van der Waals surface area contributed by atoms with Gasteiger partial charge in [0.2, 0.25) is 6.17 Å². The predicted octanol–water partition coefficient (Wildman–Crippen LogP) is 0.914. The van der Waals surface area contributed by atoms with Crippen molar-refractivity contribution >= 4 is 5.97 Å². The normalized spacial score (nSPS) is 20.5. The first-order chi connectivity index (χ1) is 8.08. The van der Waals surface area contributed by atoms with Gasteiger partial charge >= 0.3 is 5.97 Å². The second-order valence-electron chi connectivity index (χ2n) is 4.60. The van der Waals surface area contributed by atoms with Gasteiger partial charge in [-0.15, -0.1) is 0 Å². The lowest BCUT2D eigenvalue weighted by molar-refractivity contribution is -0.147. The van der Waals surface area contributed by atoms with Gasteiger partial charge in [-0.2, -0.15) is 0 Å². The molecule has 1 aliphatic heterocycles. The number of hydrogen-bond donors (Lipinski definition) is 0. The highest BCUT2D eigenvalue weighted by atomic mass is 19.1. The summed E-state index contributed by atoms with van der Waals surface area (Å²) in [6.07, 6.45) is 0.547. The Morgan fingerprint density at radius 2 is 2.12 bits per heavy atom. The Bertz CT molecular complexity index is 243. The van der Waals surface area contributed by atoms with E-state index in [1.165, 1.54) is 7.11 Å². The molecule has 0 amide bonds. The van der Waals surface area contributed by atoms with Crippen molar-refractivity contribution < 1.29 is 13.9 Å². The zero-order valence-corrected chi connectivity index (χ0v) is 11.0. The third-order valence-electron chi connectivity index (χ3n) is 3.53. The first kappa shape index (κ1) is 14.4. The minimum absolute atomic E-state index is 0.128. The molecule has 1 saturated heterocycles. The number of piperidine rings is 1. The van der Waals surface area contributed by atoms with Crippen LogP contribution in [0.2, 0.25) is 0 Å². The molecule has 1 fully saturated rings. The van der Waals surface area contributed by atoms with E-state index in [4.69, 9.17) is 0 Å². The monoisotopic (exact) mass is 246 g/mol. The molecule has 0 aromatic heterocycles. The Labute approximate surface area is 103 Å². The van der Waals surface area contributed by atoms with Crippen LogP contribution in [-0.4, -0.2) is 68.3 Å². The quantitative estimate of drug-likeness (QED) is 0.675. The summed E-state index contributed by atoms with van der Waals surface area (Å²) in [4.78, 5) is 15.3. The van der Waals surface area contributed by atoms with Crippen molar-refractivity contribution in [2.45, 2.75) is 32.0 Å². The Balaban J connectivity index is 2.33. The fraction of sp³-hybridized carbons (Fsp3) is 0.917. The minimum atomic E-state index is -1.53. The smallest absolute Gasteiger partial charge is 0.341 e. The maximum absolute atomic E-state index is 13.4. The summed E-state index contributed by atoms with van der Waals surface area (Å²) in [7, 11) is 3.09. The molecule has 0 radical (unpaired) electrons. The van der Waals surface area contributed by atoms with Crippen molar-refractivity contribution in [3.8, 4) is 0 Å². The zero-order chi connectivity index (χ0) is 12.8. The molecule has 0 aromatic carbocycles. The molecular weight excluding hydrogens is 223 g/mol. The van der Waals surface area contributed by atoms with Gasteiger partial charge in [-0.25, -0.2) is 9.18 Å². The Hall–Kier alpha value is -0.680. The van der Waals surface area contributed by atoms with Gasteiger partial charge in [-0.05, 0) is 39.5 Å². The van der Waals surface area contributed by atoms with E-state index in [2.05, 4.69) is 16.6 Å². The van der Waals surface area contributed by atoms with Crippen molar-refractivity contribution in [2.75, 3.05) is 40.3 Å². The van der Waals surface area contributed by atoms with Crippen LogP contribution in [0.4, 0.5) is 4.39 Å². The van der Waals surface area contributed by atoms with Crippen LogP contribution < -0.4 is 0 Å². The van der Waals surface area contributed by atoms with Crippen molar-refractivity contribution in [1.82, 2.24) is 9.80 Å². The molecule has 100 valence electrons. The number of methoxy groups -OCH3 is 1. The van der Waals surface area contributed by atoms with E-state index in [1.54, 1.807) is 0 Å². The van der Waals surface area contributed by atoms with E-state index >= 15 is 0 Å². The summed E-state index contributed by atoms with van der Waals surface area (Å²) in [5.74, 6) is -0.775. The maximum atomic E-state index is 13.4. The highest BCUT2D eigenvalue weighted by Gasteiger charge is 2.26. The van der Waals surface area contributed by atoms with Gasteiger partial charge in [0.05, 0.1) is 7.11 Å². The maximum Gasteiger partial charge on any atom is 0.341 e. The summed E-state index contributed by atoms with van der Waals surface area (Å²) in [5.41, 5.74) is 0. The zero-order valence-electron chi connectivity index (χ0n) is 11.0. The molecule has 0 aromatic rings. The fourth-order valence-corrected chi connectivity index (χ4v) is 2.28. The lowest BCUT2D eigenvalue weighted by atomic mass is 10.0. The van der Waals surface area contributed by atoms with Gasteiger partial charge in [0.15, 0.2) is 0 Å². The molecule has 0 spiro atoms. The van der Waals surface area contributed by atoms with Crippen LogP contribution in [0.5, 0.6) is 0 Å². The largest absolute Gasteiger partial charge is 0.467 e. The van der Waals surface area contributed by atoms with Gasteiger partial charge in [0.1, 0.15) is 0 Å². The summed E-state index contributed by atoms with van der Waals surface area (Å²) in [6, 6.07) is 0.376. The summed E-state index contributed by atoms with van der Waals surface area (Å²) < 4.78 is 17.8. The Morgan fingerprint density at radius 3 is 2.59 bits per heavy atom. The van der Waals surface area contributed by atoms with E-state index in [1.807, 2.05) is 11.9 Å². The number of ether oxygens (including phenoxy) is 1. The number of carbonyl (C=O) groups excluding carboxylic acids is 1. The first-order valence-electron chi connectivity index (χ1n) is 6.23. The predicted molar refractivity (Wildman–Crippen MR) is 64.7 cm³/mol. The first-order valence-corrected chi connectivity index (χ1v) is 6.23. The van der Waals surface area contributed by atoms with E-state index < -0.39 is 12.1 Å². The highest BCUT2D eigenvalue weighted by Crippen LogP contribution is 2.15. The molecule has 0 N–H and O–H groups in total. The van der Waals surface area contributed by atoms with Gasteiger partial charge in [0.25, 0.3) is 0 Å². The topological polar surface area (TPSA) is 32.8 Å². The van der Waals surface area contributed by atoms with E-state index in [9.17, 15) is 9.18 Å².